The summed E-state index contributed by atoms with van der Waals surface area (Å²) in [5.74, 6) is 0. The van der Waals surface area contributed by atoms with Gasteiger partial charge in [0, 0.05) is 44.2 Å². The Kier molecular flexibility index (Phi) is 20.5. The van der Waals surface area contributed by atoms with Gasteiger partial charge in [-0.1, -0.05) is 141 Å². The van der Waals surface area contributed by atoms with Crippen molar-refractivity contribution < 1.29 is 0 Å². The van der Waals surface area contributed by atoms with Crippen molar-refractivity contribution in [2.45, 2.75) is 239 Å². The molecule has 0 saturated carbocycles. The molecule has 4 N–H and O–H groups in total. The Morgan fingerprint density at radius 1 is 0.271 bits per heavy atom. The van der Waals surface area contributed by atoms with Crippen molar-refractivity contribution in [1.29, 1.82) is 0 Å². The fourth-order valence-corrected chi connectivity index (χ4v) is 15.5. The summed E-state index contributed by atoms with van der Waals surface area (Å²) in [6.07, 6.45) is 23.5. The van der Waals surface area contributed by atoms with E-state index >= 15 is 0 Å². The zero-order valence-electron chi connectivity index (χ0n) is 61.0. The van der Waals surface area contributed by atoms with Gasteiger partial charge in [-0.05, 0) is 294 Å². The molecule has 8 nitrogen and oxygen atoms in total. The number of hydrogen-bond acceptors (Lipinski definition) is 4. The number of H-pyrrole nitrogens is 4. The van der Waals surface area contributed by atoms with E-state index in [0.29, 0.717) is 0 Å². The van der Waals surface area contributed by atoms with Gasteiger partial charge in [-0.2, -0.15) is 0 Å². The molecule has 16 bridgehead atoms. The summed E-state index contributed by atoms with van der Waals surface area (Å²) in [5, 5.41) is 0. The first-order valence-corrected chi connectivity index (χ1v) is 36.9. The van der Waals surface area contributed by atoms with Crippen LogP contribution < -0.4 is 0 Å². The summed E-state index contributed by atoms with van der Waals surface area (Å²) >= 11 is 0. The third-order valence-electron chi connectivity index (χ3n) is 22.4. The van der Waals surface area contributed by atoms with Gasteiger partial charge < -0.3 is 19.9 Å². The van der Waals surface area contributed by atoms with E-state index in [1.165, 1.54) is 177 Å². The average molecular weight is 1280 g/mol. The highest BCUT2D eigenvalue weighted by atomic mass is 14.8. The maximum absolute atomic E-state index is 5.74. The van der Waals surface area contributed by atoms with Gasteiger partial charge in [0.05, 0.1) is 56.6 Å². The number of benzene rings is 2. The highest BCUT2D eigenvalue weighted by Gasteiger charge is 2.27. The molecule has 0 aliphatic carbocycles. The van der Waals surface area contributed by atoms with Crippen molar-refractivity contribution in [2.24, 2.45) is 0 Å². The molecule has 12 rings (SSSR count). The second kappa shape index (κ2) is 29.2. The monoisotopic (exact) mass is 1270 g/mol. The predicted molar refractivity (Wildman–Crippen MR) is 415 cm³/mol. The molecule has 2 aromatic carbocycles. The van der Waals surface area contributed by atoms with Crippen molar-refractivity contribution >= 4 is 88.7 Å². The van der Waals surface area contributed by atoms with Crippen LogP contribution in [0.5, 0.6) is 0 Å². The average Bonchev–Trinajstić information content (AvgIpc) is 1.57. The smallest absolute Gasteiger partial charge is 0.0768 e. The summed E-state index contributed by atoms with van der Waals surface area (Å²) in [5.41, 5.74) is 44.1. The van der Waals surface area contributed by atoms with E-state index in [2.05, 4.69) is 216 Å². The molecule has 4 aliphatic rings. The zero-order chi connectivity index (χ0) is 67.6. The lowest BCUT2D eigenvalue weighted by Crippen LogP contribution is -1.91. The number of fused-ring (bicyclic) bond motifs is 16. The van der Waals surface area contributed by atoms with Crippen LogP contribution in [0.25, 0.3) is 122 Å². The molecule has 0 amide bonds. The maximum Gasteiger partial charge on any atom is 0.0768 e. The number of aromatic nitrogens is 8. The first kappa shape index (κ1) is 67.6. The van der Waals surface area contributed by atoms with E-state index < -0.39 is 0 Å². The molecule has 498 valence electrons. The second-order valence-corrected chi connectivity index (χ2v) is 28.6. The second-order valence-electron chi connectivity index (χ2n) is 28.6. The highest BCUT2D eigenvalue weighted by Crippen LogP contribution is 2.45. The number of nitrogens with one attached hydrogen (secondary N) is 4. The molecule has 0 spiro atoms. The molecule has 0 radical (unpaired) electrons. The number of unbranched alkanes of at least 4 members (excludes halogenated alkanes) is 12. The van der Waals surface area contributed by atoms with Crippen molar-refractivity contribution in [3.8, 4) is 33.4 Å². The summed E-state index contributed by atoms with van der Waals surface area (Å²) in [4.78, 5) is 38.7. The van der Waals surface area contributed by atoms with Crippen LogP contribution in [-0.4, -0.2) is 39.9 Å². The first-order chi connectivity index (χ1) is 46.4. The highest BCUT2D eigenvalue weighted by molar-refractivity contribution is 6.04. The molecule has 0 atom stereocenters. The van der Waals surface area contributed by atoms with Gasteiger partial charge in [0.25, 0.3) is 0 Å². The van der Waals surface area contributed by atoms with Crippen molar-refractivity contribution in [3.63, 3.8) is 0 Å². The third-order valence-corrected chi connectivity index (χ3v) is 22.4. The van der Waals surface area contributed by atoms with Gasteiger partial charge in [0.1, 0.15) is 0 Å². The molecular formula is C88H106N8. The summed E-state index contributed by atoms with van der Waals surface area (Å²) < 4.78 is 0. The molecule has 0 saturated heterocycles. The lowest BCUT2D eigenvalue weighted by molar-refractivity contribution is 0.667. The number of nitrogens with zero attached hydrogens (tertiary/aromatic N) is 4. The zero-order valence-corrected chi connectivity index (χ0v) is 61.0. The van der Waals surface area contributed by atoms with Crippen LogP contribution in [0.3, 0.4) is 0 Å². The molecule has 8 heteroatoms. The van der Waals surface area contributed by atoms with Gasteiger partial charge in [-0.15, -0.1) is 0 Å². The minimum Gasteiger partial charge on any atom is -0.355 e. The minimum absolute atomic E-state index is 0.994. The van der Waals surface area contributed by atoms with Gasteiger partial charge in [-0.3, -0.25) is 0 Å². The SMILES string of the molecule is CCCCCCC1=C(C)c2cc3[nH]c(c(C)c3C)c(-c3cccc(-c4cccc(-c5c6nc(cc7[nH]c(cc8nc(cc9[nH]c5c(C)c9C)C(C)=C8CCCCCC)c(CCCCCC)c7C)C(C)=C6C)c4)c3)c3nc(cc4[nH]c(cc1n2)c(CCCCCC)c4C)C(C)=C3C. The van der Waals surface area contributed by atoms with Crippen LogP contribution in [-0.2, 0) is 12.8 Å². The Bertz CT molecular complexity index is 4530. The van der Waals surface area contributed by atoms with Gasteiger partial charge in [0.15, 0.2) is 0 Å². The van der Waals surface area contributed by atoms with E-state index in [1.54, 1.807) is 0 Å². The van der Waals surface area contributed by atoms with Crippen molar-refractivity contribution in [2.75, 3.05) is 0 Å². The Morgan fingerprint density at radius 3 is 0.958 bits per heavy atom. The number of aryl methyl sites for hydroxylation is 8. The molecule has 6 aromatic heterocycles. The lowest BCUT2D eigenvalue weighted by atomic mass is 9.92. The van der Waals surface area contributed by atoms with E-state index in [4.69, 9.17) is 19.9 Å². The molecule has 10 heterocycles. The Morgan fingerprint density at radius 2 is 0.594 bits per heavy atom. The van der Waals surface area contributed by atoms with Crippen LogP contribution in [0.15, 0.2) is 84.9 Å². The van der Waals surface area contributed by atoms with E-state index in [1.807, 2.05) is 0 Å². The van der Waals surface area contributed by atoms with Crippen LogP contribution in [0.4, 0.5) is 0 Å². The molecule has 0 fully saturated rings. The summed E-state index contributed by atoms with van der Waals surface area (Å²) in [7, 11) is 0. The molecule has 4 aliphatic heterocycles. The quantitative estimate of drug-likeness (QED) is 0.0478. The van der Waals surface area contributed by atoms with Crippen molar-refractivity contribution in [3.05, 3.63) is 175 Å². The standard InChI is InChI=1S/C88H106N8/c1-17-21-25-29-39-67-59(13)75-45-71-51(5)55(9)85(93-71)83(86-56(10)52(6)72(94-86)46-76-60(14)68(40-30-26-22-18-2)80(90-76)49-79(67)89-75)65-37-33-35-63(43-65)64-36-34-38-66(44-64)84-87-57(11)53(7)73(95-87)47-77-61(15)69(41-31-27-23-19-3)81(91-77)50-82-70(42-32-28-24-20-4)62(16)78(92-82)48-74-54(8)58(12)88(84)96-74/h33-38,43-50,89,91,94,96H,17-32,39-42H2,1-16H3. The summed E-state index contributed by atoms with van der Waals surface area (Å²) in [6.45, 7) is 36.6. The van der Waals surface area contributed by atoms with Crippen LogP contribution in [0, 0.1) is 41.5 Å². The fourth-order valence-electron chi connectivity index (χ4n) is 15.5. The van der Waals surface area contributed by atoms with Crippen LogP contribution in [0.2, 0.25) is 0 Å². The molecule has 0 unspecified atom stereocenters. The van der Waals surface area contributed by atoms with Crippen LogP contribution in [0.1, 0.15) is 275 Å². The summed E-state index contributed by atoms with van der Waals surface area (Å²) in [6, 6.07) is 32.4. The first-order valence-electron chi connectivity index (χ1n) is 36.9. The largest absolute Gasteiger partial charge is 0.355 e. The van der Waals surface area contributed by atoms with Gasteiger partial charge in [-0.25, -0.2) is 19.9 Å². The number of aromatic amines is 4. The van der Waals surface area contributed by atoms with Gasteiger partial charge >= 0.3 is 0 Å². The fraction of sp³-hybridized carbons (Fsp3) is 0.409. The van der Waals surface area contributed by atoms with Crippen LogP contribution >= 0.6 is 0 Å². The molecule has 96 heavy (non-hydrogen) atoms. The minimum atomic E-state index is 0.994. The predicted octanol–water partition coefficient (Wildman–Crippen LogP) is 25.7. The third kappa shape index (κ3) is 13.2. The molecular weight excluding hydrogens is 1170 g/mol. The normalized spacial score (nSPS) is 13.5. The number of hydrogen-bond donors (Lipinski definition) is 4. The van der Waals surface area contributed by atoms with Crippen molar-refractivity contribution in [1.82, 2.24) is 39.9 Å². The van der Waals surface area contributed by atoms with E-state index in [0.717, 1.165) is 163 Å². The van der Waals surface area contributed by atoms with E-state index in [-0.39, 0.29) is 0 Å². The number of rotatable bonds is 23. The van der Waals surface area contributed by atoms with Gasteiger partial charge in [0.2, 0.25) is 0 Å². The molecule has 8 aromatic rings. The number of allylic oxidation sites excluding steroid dienone is 8. The Hall–Kier alpha value is -8.36. The maximum atomic E-state index is 5.74. The Balaban J connectivity index is 1.07. The lowest BCUT2D eigenvalue weighted by Gasteiger charge is -2.12. The topological polar surface area (TPSA) is 115 Å². The van der Waals surface area contributed by atoms with E-state index in [9.17, 15) is 0 Å². The Labute approximate surface area is 572 Å².